The summed E-state index contributed by atoms with van der Waals surface area (Å²) in [4.78, 5) is 4.80. The van der Waals surface area contributed by atoms with Crippen LogP contribution in [0.4, 0.5) is 34.1 Å². The number of hydrogen-bond acceptors (Lipinski definition) is 8. The number of aryl methyl sites for hydroxylation is 1. The van der Waals surface area contributed by atoms with Crippen molar-refractivity contribution in [2.45, 2.75) is 19.8 Å². The summed E-state index contributed by atoms with van der Waals surface area (Å²) in [6.07, 6.45) is 1.61. The van der Waals surface area contributed by atoms with Gasteiger partial charge in [-0.25, -0.2) is 0 Å². The lowest BCUT2D eigenvalue weighted by atomic mass is 9.37. The first-order valence-electron chi connectivity index (χ1n) is 21.4. The highest BCUT2D eigenvalue weighted by atomic mass is 16.5. The van der Waals surface area contributed by atoms with E-state index in [0.29, 0.717) is 26.4 Å². The van der Waals surface area contributed by atoms with E-state index < -0.39 is 0 Å². The molecule has 0 aliphatic carbocycles. The highest BCUT2D eigenvalue weighted by Gasteiger charge is 2.50. The van der Waals surface area contributed by atoms with Crippen LogP contribution in [0.1, 0.15) is 18.4 Å². The van der Waals surface area contributed by atoms with Crippen molar-refractivity contribution in [3.05, 3.63) is 151 Å². The normalized spacial score (nSPS) is 14.9. The molecule has 0 bridgehead atoms. The van der Waals surface area contributed by atoms with Gasteiger partial charge in [0.2, 0.25) is 0 Å². The second-order valence-electron chi connectivity index (χ2n) is 16.4. The number of fused-ring (bicyclic) bond motifs is 10. The van der Waals surface area contributed by atoms with Gasteiger partial charge < -0.3 is 37.6 Å². The summed E-state index contributed by atoms with van der Waals surface area (Å²) in [6, 6.07) is 51.0. The van der Waals surface area contributed by atoms with Crippen LogP contribution in [-0.4, -0.2) is 33.1 Å². The Hall–Kier alpha value is -7.52. The van der Waals surface area contributed by atoms with E-state index in [-0.39, 0.29) is 6.71 Å². The quantitative estimate of drug-likeness (QED) is 0.163. The van der Waals surface area contributed by atoms with Crippen LogP contribution < -0.4 is 45.5 Å². The molecule has 0 unspecified atom stereocenters. The molecule has 0 atom stereocenters. The molecule has 7 aromatic carbocycles. The van der Waals surface area contributed by atoms with E-state index in [2.05, 4.69) is 150 Å². The minimum Gasteiger partial charge on any atom is -0.490 e. The van der Waals surface area contributed by atoms with Crippen LogP contribution in [0.5, 0.6) is 23.0 Å². The molecule has 0 fully saturated rings. The fraction of sp³-hybridized carbons (Fsp3) is 0.132. The average Bonchev–Trinajstić information content (AvgIpc) is 3.67. The van der Waals surface area contributed by atoms with Gasteiger partial charge in [-0.1, -0.05) is 84.9 Å². The van der Waals surface area contributed by atoms with Gasteiger partial charge in [0, 0.05) is 58.2 Å². The maximum absolute atomic E-state index is 7.16. The lowest BCUT2D eigenvalue weighted by Crippen LogP contribution is -2.60. The predicted octanol–water partition coefficient (Wildman–Crippen LogP) is 11.2. The van der Waals surface area contributed by atoms with Crippen LogP contribution in [0.2, 0.25) is 0 Å². The van der Waals surface area contributed by atoms with Crippen molar-refractivity contribution >= 4 is 79.6 Å². The zero-order valence-corrected chi connectivity index (χ0v) is 34.0. The Morgan fingerprint density at radius 1 is 0.435 bits per heavy atom. The van der Waals surface area contributed by atoms with Gasteiger partial charge in [0.05, 0.1) is 49.2 Å². The van der Waals surface area contributed by atoms with Crippen LogP contribution in [0.25, 0.3) is 44.2 Å². The summed E-state index contributed by atoms with van der Waals surface area (Å²) < 4.78 is 40.0. The first-order valence-corrected chi connectivity index (χ1v) is 21.4. The molecule has 0 N–H and O–H groups in total. The number of furan rings is 2. The van der Waals surface area contributed by atoms with E-state index >= 15 is 0 Å². The summed E-state index contributed by atoms with van der Waals surface area (Å²) in [5.74, 6) is 2.92. The van der Waals surface area contributed by atoms with E-state index in [1.54, 1.807) is 0 Å². The molecule has 0 saturated carbocycles. The SMILES string of the molecule is Cc1cc2c3c(c1)N(c1cc4c(cc1-c1ccccc1)OCCCO4)c1c(oc4ccccc14)B3c1oc3ccccc3c1N2c1cc2c(cc1-c1ccccc1)OCCCO2. The smallest absolute Gasteiger partial charge is 0.342 e. The number of nitrogens with zero attached hydrogens (tertiary/aromatic N) is 2. The van der Waals surface area contributed by atoms with Crippen molar-refractivity contribution in [3.8, 4) is 45.3 Å². The van der Waals surface area contributed by atoms with Crippen molar-refractivity contribution in [2.24, 2.45) is 0 Å². The van der Waals surface area contributed by atoms with Crippen LogP contribution >= 0.6 is 0 Å². The molecule has 0 amide bonds. The maximum atomic E-state index is 7.16. The zero-order valence-electron chi connectivity index (χ0n) is 34.0. The van der Waals surface area contributed by atoms with Crippen LogP contribution in [0.3, 0.4) is 0 Å². The monoisotopic (exact) mass is 810 g/mol. The number of anilines is 6. The molecule has 2 aromatic heterocycles. The first kappa shape index (κ1) is 35.3. The summed E-state index contributed by atoms with van der Waals surface area (Å²) in [5, 5.41) is 2.02. The average molecular weight is 811 g/mol. The van der Waals surface area contributed by atoms with Crippen LogP contribution in [0, 0.1) is 6.92 Å². The molecular formula is C53H39BN2O6. The van der Waals surface area contributed by atoms with Gasteiger partial charge in [0.1, 0.15) is 22.5 Å². The Kier molecular flexibility index (Phi) is 7.82. The van der Waals surface area contributed by atoms with Gasteiger partial charge in [-0.05, 0) is 77.6 Å². The van der Waals surface area contributed by atoms with Gasteiger partial charge in [-0.2, -0.15) is 0 Å². The zero-order chi connectivity index (χ0) is 40.9. The lowest BCUT2D eigenvalue weighted by Gasteiger charge is -2.42. The molecule has 4 aliphatic heterocycles. The lowest BCUT2D eigenvalue weighted by molar-refractivity contribution is 0.296. The fourth-order valence-corrected chi connectivity index (χ4v) is 9.97. The molecular weight excluding hydrogens is 771 g/mol. The van der Waals surface area contributed by atoms with Gasteiger partial charge in [0.25, 0.3) is 0 Å². The maximum Gasteiger partial charge on any atom is 0.342 e. The third-order valence-electron chi connectivity index (χ3n) is 12.6. The fourth-order valence-electron chi connectivity index (χ4n) is 9.97. The van der Waals surface area contributed by atoms with Crippen molar-refractivity contribution in [1.29, 1.82) is 0 Å². The van der Waals surface area contributed by atoms with Crippen molar-refractivity contribution in [2.75, 3.05) is 36.2 Å². The third-order valence-corrected chi connectivity index (χ3v) is 12.6. The highest BCUT2D eigenvalue weighted by Crippen LogP contribution is 2.54. The molecule has 9 heteroatoms. The van der Waals surface area contributed by atoms with Gasteiger partial charge in [0.15, 0.2) is 23.0 Å². The Morgan fingerprint density at radius 3 is 1.29 bits per heavy atom. The molecule has 4 aliphatic rings. The number of benzene rings is 7. The van der Waals surface area contributed by atoms with Crippen molar-refractivity contribution in [1.82, 2.24) is 0 Å². The Labute approximate surface area is 358 Å². The molecule has 0 radical (unpaired) electrons. The number of ether oxygens (including phenoxy) is 4. The first-order chi connectivity index (χ1) is 30.7. The number of para-hydroxylation sites is 2. The van der Waals surface area contributed by atoms with Gasteiger partial charge in [-0.15, -0.1) is 0 Å². The second kappa shape index (κ2) is 13.8. The molecule has 6 heterocycles. The van der Waals surface area contributed by atoms with Crippen molar-refractivity contribution < 1.29 is 27.8 Å². The minimum absolute atomic E-state index is 0.376. The van der Waals surface area contributed by atoms with E-state index in [0.717, 1.165) is 137 Å². The van der Waals surface area contributed by atoms with Gasteiger partial charge >= 0.3 is 6.71 Å². The molecule has 300 valence electrons. The van der Waals surface area contributed by atoms with E-state index in [9.17, 15) is 0 Å². The Morgan fingerprint density at radius 2 is 0.839 bits per heavy atom. The van der Waals surface area contributed by atoms with Gasteiger partial charge in [-0.3, -0.25) is 0 Å². The summed E-state index contributed by atoms with van der Waals surface area (Å²) in [7, 11) is 0. The summed E-state index contributed by atoms with van der Waals surface area (Å²) >= 11 is 0. The number of hydrogen-bond donors (Lipinski definition) is 0. The summed E-state index contributed by atoms with van der Waals surface area (Å²) in [5.41, 5.74) is 15.5. The highest BCUT2D eigenvalue weighted by molar-refractivity contribution is 6.99. The molecule has 0 spiro atoms. The second-order valence-corrected chi connectivity index (χ2v) is 16.4. The Balaban J connectivity index is 1.16. The number of rotatable bonds is 4. The van der Waals surface area contributed by atoms with E-state index in [4.69, 9.17) is 27.8 Å². The largest absolute Gasteiger partial charge is 0.490 e. The molecule has 8 nitrogen and oxygen atoms in total. The predicted molar refractivity (Wildman–Crippen MR) is 247 cm³/mol. The van der Waals surface area contributed by atoms with Crippen molar-refractivity contribution in [3.63, 3.8) is 0 Å². The molecule has 0 saturated heterocycles. The van der Waals surface area contributed by atoms with Crippen LogP contribution in [-0.2, 0) is 0 Å². The summed E-state index contributed by atoms with van der Waals surface area (Å²) in [6.45, 7) is 4.14. The van der Waals surface area contributed by atoms with Crippen LogP contribution in [0.15, 0.2) is 154 Å². The topological polar surface area (TPSA) is 69.7 Å². The molecule has 9 aromatic rings. The molecule has 13 rings (SSSR count). The standard InChI is InChI=1S/C53H39BN2O6/c1-32-26-41-49-42(27-32)56(40-31-48-46(58-23-13-25-60-48)29-38(40)34-16-6-3-7-17-34)51-36-19-9-11-21-44(36)62-53(51)54(49)52-50(35-18-8-10-20-43(35)61-52)55(41)39-30-47-45(57-22-12-24-59-47)28-37(39)33-14-4-2-5-15-33/h2-11,14-21,26-31H,12-13,22-25H2,1H3. The Bertz CT molecular complexity index is 3040. The molecule has 62 heavy (non-hydrogen) atoms. The van der Waals surface area contributed by atoms with E-state index in [1.165, 1.54) is 0 Å². The third kappa shape index (κ3) is 5.27. The van der Waals surface area contributed by atoms with E-state index in [1.807, 2.05) is 12.1 Å². The minimum atomic E-state index is -0.376.